The van der Waals surface area contributed by atoms with Gasteiger partial charge in [0.25, 0.3) is 0 Å². The Hall–Kier alpha value is -5.12. The third kappa shape index (κ3) is 8.58. The average molecular weight is 739 g/mol. The van der Waals surface area contributed by atoms with Crippen LogP contribution in [0.15, 0.2) is 96.2 Å². The van der Waals surface area contributed by atoms with Gasteiger partial charge in [0.1, 0.15) is 17.4 Å². The lowest BCUT2D eigenvalue weighted by Crippen LogP contribution is -2.45. The summed E-state index contributed by atoms with van der Waals surface area (Å²) in [6.07, 6.45) is 8.08. The predicted octanol–water partition coefficient (Wildman–Crippen LogP) is 9.09. The molecule has 2 aromatic carbocycles. The number of likely N-dealkylation sites (N-methyl/N-ethyl adjacent to an activating group) is 2. The molecule has 0 radical (unpaired) electrons. The summed E-state index contributed by atoms with van der Waals surface area (Å²) in [5.74, 6) is 3.21. The van der Waals surface area contributed by atoms with Crippen LogP contribution in [-0.4, -0.2) is 97.8 Å². The summed E-state index contributed by atoms with van der Waals surface area (Å²) in [5, 5.41) is 0. The van der Waals surface area contributed by atoms with Crippen molar-refractivity contribution >= 4 is 46.0 Å². The van der Waals surface area contributed by atoms with Crippen LogP contribution < -0.4 is 9.80 Å². The van der Waals surface area contributed by atoms with Crippen molar-refractivity contribution in [2.24, 2.45) is 9.98 Å². The van der Waals surface area contributed by atoms with E-state index < -0.39 is 0 Å². The lowest BCUT2D eigenvalue weighted by atomic mass is 9.90. The monoisotopic (exact) mass is 738 g/mol. The van der Waals surface area contributed by atoms with Crippen LogP contribution >= 0.6 is 0 Å². The molecule has 8 rings (SSSR count). The lowest BCUT2D eigenvalue weighted by Gasteiger charge is -2.37. The first-order valence-electron chi connectivity index (χ1n) is 19.7. The second kappa shape index (κ2) is 17.6. The largest absolute Gasteiger partial charge is 0.438 e. The number of hydrogen-bond donors (Lipinski definition) is 0. The number of nitrogens with zero attached hydrogens (tertiary/aromatic N) is 8. The van der Waals surface area contributed by atoms with Crippen LogP contribution in [0.1, 0.15) is 72.9 Å². The van der Waals surface area contributed by atoms with Crippen LogP contribution in [0.25, 0.3) is 11.3 Å². The van der Waals surface area contributed by atoms with Crippen molar-refractivity contribution in [2.45, 2.75) is 65.5 Å². The van der Waals surface area contributed by atoms with Gasteiger partial charge in [0.15, 0.2) is 0 Å². The van der Waals surface area contributed by atoms with Crippen molar-refractivity contribution in [2.75, 3.05) is 64.2 Å². The molecule has 2 saturated heterocycles. The van der Waals surface area contributed by atoms with E-state index in [1.54, 1.807) is 0 Å². The van der Waals surface area contributed by atoms with Gasteiger partial charge in [-0.15, -0.1) is 0 Å². The molecule has 4 aliphatic heterocycles. The van der Waals surface area contributed by atoms with Crippen molar-refractivity contribution in [1.82, 2.24) is 19.8 Å². The molecular weight excluding hydrogens is 681 g/mol. The number of piperidine rings is 1. The number of ether oxygens (including phenoxy) is 1. The first kappa shape index (κ1) is 39.6. The minimum Gasteiger partial charge on any atom is -0.438 e. The van der Waals surface area contributed by atoms with Crippen LogP contribution in [0.3, 0.4) is 0 Å². The molecular formula is C46H58N8O. The third-order valence-corrected chi connectivity index (χ3v) is 10.9. The molecule has 0 saturated carbocycles. The Morgan fingerprint density at radius 3 is 1.87 bits per heavy atom. The molecule has 9 nitrogen and oxygen atoms in total. The van der Waals surface area contributed by atoms with E-state index in [4.69, 9.17) is 19.7 Å². The zero-order valence-electron chi connectivity index (χ0n) is 34.1. The van der Waals surface area contributed by atoms with Gasteiger partial charge in [-0.05, 0) is 114 Å². The molecule has 4 aromatic rings. The van der Waals surface area contributed by atoms with E-state index in [0.717, 1.165) is 95.6 Å². The summed E-state index contributed by atoms with van der Waals surface area (Å²) in [4.78, 5) is 28.6. The first-order chi connectivity index (χ1) is 26.6. The van der Waals surface area contributed by atoms with Crippen molar-refractivity contribution in [3.05, 3.63) is 120 Å². The fourth-order valence-corrected chi connectivity index (χ4v) is 7.97. The Bertz CT molecular complexity index is 2080. The topological polar surface area (TPSA) is 72.7 Å². The minimum atomic E-state index is 0.539. The van der Waals surface area contributed by atoms with Crippen LogP contribution in [0.5, 0.6) is 0 Å². The van der Waals surface area contributed by atoms with Gasteiger partial charge in [-0.1, -0.05) is 51.3 Å². The van der Waals surface area contributed by atoms with Crippen molar-refractivity contribution in [3.8, 4) is 0 Å². The number of benzene rings is 2. The van der Waals surface area contributed by atoms with E-state index in [2.05, 4.69) is 110 Å². The van der Waals surface area contributed by atoms with Gasteiger partial charge in [0.05, 0.1) is 22.6 Å². The second-order valence-electron chi connectivity index (χ2n) is 15.0. The smallest absolute Gasteiger partial charge is 0.230 e. The zero-order chi connectivity index (χ0) is 39.2. The van der Waals surface area contributed by atoms with Crippen molar-refractivity contribution in [1.29, 1.82) is 0 Å². The first-order valence-corrected chi connectivity index (χ1v) is 19.7. The molecule has 2 unspecified atom stereocenters. The number of aryl methyl sites for hydroxylation is 2. The van der Waals surface area contributed by atoms with Gasteiger partial charge in [0.2, 0.25) is 5.90 Å². The number of anilines is 2. The molecule has 0 amide bonds. The Balaban J connectivity index is 0.000000179. The quantitative estimate of drug-likeness (QED) is 0.196. The van der Waals surface area contributed by atoms with Gasteiger partial charge in [-0.25, -0.2) is 15.0 Å². The van der Waals surface area contributed by atoms with Crippen LogP contribution in [-0.2, 0) is 4.74 Å². The maximum absolute atomic E-state index is 6.03. The number of pyridine rings is 2. The van der Waals surface area contributed by atoms with Crippen molar-refractivity contribution in [3.63, 3.8) is 0 Å². The minimum absolute atomic E-state index is 0.539. The molecule has 2 atom stereocenters. The van der Waals surface area contributed by atoms with Gasteiger partial charge in [-0.2, -0.15) is 0 Å². The highest BCUT2D eigenvalue weighted by molar-refractivity contribution is 6.13. The maximum Gasteiger partial charge on any atom is 0.230 e. The number of hydrogen-bond acceptors (Lipinski definition) is 9. The Morgan fingerprint density at radius 1 is 0.673 bits per heavy atom. The van der Waals surface area contributed by atoms with E-state index in [1.165, 1.54) is 24.0 Å². The van der Waals surface area contributed by atoms with E-state index in [0.29, 0.717) is 23.7 Å². The van der Waals surface area contributed by atoms with Gasteiger partial charge in [-0.3, -0.25) is 4.99 Å². The fraction of sp³-hybridized carbons (Fsp3) is 0.391. The molecule has 9 heteroatoms. The highest BCUT2D eigenvalue weighted by Gasteiger charge is 2.30. The molecule has 0 N–H and O–H groups in total. The summed E-state index contributed by atoms with van der Waals surface area (Å²) in [5.41, 5.74) is 10.8. The van der Waals surface area contributed by atoms with Crippen LogP contribution in [0, 0.1) is 13.8 Å². The maximum atomic E-state index is 6.03. The van der Waals surface area contributed by atoms with E-state index in [-0.39, 0.29) is 0 Å². The van der Waals surface area contributed by atoms with E-state index >= 15 is 0 Å². The standard InChI is InChI=1S/C23H28N4.C21H24N4O.C2H6/c1-16-8-5-11-20-22(16)17(2)14-21(25-20)19-10-6-12-24-23(19)27-13-7-9-18(15-27)26(3)4;1-14-7-5-9-18-19(14)15(2)26-21(23-18)17-8-6-11-22-20(17)25-12-10-16(13-25)24(3)4;1-2/h5-6,8,10-12,18H,2,7,9,13-15H2,1,3-4H3;5-9,11,16H,2,10,12-13H2,1,3-4H3;1-2H3. The molecule has 2 fully saturated rings. The van der Waals surface area contributed by atoms with Crippen LogP contribution in [0.2, 0.25) is 0 Å². The molecule has 0 bridgehead atoms. The SMILES string of the molecule is C=C1CC(c2cccnc2N2CCCC(N(C)C)C2)=Nc2cccc(C)c21.C=C1OC(c2cccnc2N2CCC(N(C)C)C2)=Nc2cccc(C)c21.CC. The number of rotatable bonds is 6. The molecule has 0 aliphatic carbocycles. The molecule has 0 spiro atoms. The fourth-order valence-electron chi connectivity index (χ4n) is 7.97. The number of fused-ring (bicyclic) bond motifs is 2. The number of allylic oxidation sites excluding steroid dienone is 1. The Morgan fingerprint density at radius 2 is 1.24 bits per heavy atom. The Kier molecular flexibility index (Phi) is 12.6. The molecule has 2 aromatic heterocycles. The predicted molar refractivity (Wildman–Crippen MR) is 232 cm³/mol. The summed E-state index contributed by atoms with van der Waals surface area (Å²) in [6, 6.07) is 21.6. The molecule has 288 valence electrons. The Labute approximate surface area is 328 Å². The highest BCUT2D eigenvalue weighted by Crippen LogP contribution is 2.39. The lowest BCUT2D eigenvalue weighted by molar-refractivity contribution is 0.257. The summed E-state index contributed by atoms with van der Waals surface area (Å²) in [6.45, 7) is 20.7. The normalized spacial score (nSPS) is 19.0. The van der Waals surface area contributed by atoms with Crippen molar-refractivity contribution < 1.29 is 4.74 Å². The highest BCUT2D eigenvalue weighted by atomic mass is 16.5. The molecule has 4 aliphatic rings. The number of aromatic nitrogens is 2. The number of aliphatic imine (C=N–C) groups is 2. The molecule has 55 heavy (non-hydrogen) atoms. The average Bonchev–Trinajstić information content (AvgIpc) is 3.70. The van der Waals surface area contributed by atoms with Gasteiger partial charge in [0, 0.05) is 73.8 Å². The van der Waals surface area contributed by atoms with Gasteiger partial charge < -0.3 is 24.3 Å². The second-order valence-corrected chi connectivity index (χ2v) is 15.0. The van der Waals surface area contributed by atoms with Crippen LogP contribution in [0.4, 0.5) is 23.0 Å². The van der Waals surface area contributed by atoms with E-state index in [9.17, 15) is 0 Å². The summed E-state index contributed by atoms with van der Waals surface area (Å²) < 4.78 is 6.03. The van der Waals surface area contributed by atoms with Gasteiger partial charge >= 0.3 is 0 Å². The van der Waals surface area contributed by atoms with E-state index in [1.807, 2.05) is 56.6 Å². The summed E-state index contributed by atoms with van der Waals surface area (Å²) in [7, 11) is 8.60. The summed E-state index contributed by atoms with van der Waals surface area (Å²) >= 11 is 0. The zero-order valence-corrected chi connectivity index (χ0v) is 34.1. The molecule has 6 heterocycles. The third-order valence-electron chi connectivity index (χ3n) is 10.9.